The van der Waals surface area contributed by atoms with Gasteiger partial charge >= 0.3 is 5.51 Å². The highest BCUT2D eigenvalue weighted by molar-refractivity contribution is 9.10. The van der Waals surface area contributed by atoms with E-state index in [1.54, 1.807) is 24.5 Å². The summed E-state index contributed by atoms with van der Waals surface area (Å²) in [6, 6.07) is 8.06. The average Bonchev–Trinajstić information content (AvgIpc) is 2.36. The van der Waals surface area contributed by atoms with Crippen molar-refractivity contribution in [1.29, 1.82) is 0 Å². The van der Waals surface area contributed by atoms with E-state index >= 15 is 0 Å². The van der Waals surface area contributed by atoms with Crippen molar-refractivity contribution in [1.82, 2.24) is 4.98 Å². The highest BCUT2D eigenvalue weighted by atomic mass is 79.9. The number of hydrogen-bond acceptors (Lipinski definition) is 3. The zero-order chi connectivity index (χ0) is 14.6. The van der Waals surface area contributed by atoms with Gasteiger partial charge in [-0.25, -0.2) is 0 Å². The molecule has 2 rings (SSSR count). The average molecular weight is 363 g/mol. The van der Waals surface area contributed by atoms with Crippen molar-refractivity contribution in [2.75, 3.05) is 5.32 Å². The van der Waals surface area contributed by atoms with Gasteiger partial charge in [0, 0.05) is 34.0 Å². The fraction of sp³-hybridized carbons (Fsp3) is 0.154. The van der Waals surface area contributed by atoms with Gasteiger partial charge in [0.15, 0.2) is 0 Å². The number of halogens is 4. The van der Waals surface area contributed by atoms with Crippen molar-refractivity contribution in [3.63, 3.8) is 0 Å². The fourth-order valence-electron chi connectivity index (χ4n) is 1.53. The van der Waals surface area contributed by atoms with E-state index in [0.29, 0.717) is 6.54 Å². The number of nitrogens with zero attached hydrogens (tertiary/aromatic N) is 1. The second-order valence-corrected chi connectivity index (χ2v) is 5.99. The third-order valence-corrected chi connectivity index (χ3v) is 3.52. The smallest absolute Gasteiger partial charge is 0.381 e. The number of aromatic nitrogens is 1. The van der Waals surface area contributed by atoms with Crippen LogP contribution in [0.1, 0.15) is 5.56 Å². The molecule has 0 bridgehead atoms. The van der Waals surface area contributed by atoms with Gasteiger partial charge in [0.2, 0.25) is 0 Å². The number of rotatable bonds is 4. The molecule has 0 aliphatic heterocycles. The molecule has 1 aromatic heterocycles. The number of anilines is 1. The molecule has 0 saturated carbocycles. The van der Waals surface area contributed by atoms with Gasteiger partial charge in [-0.2, -0.15) is 13.2 Å². The van der Waals surface area contributed by atoms with Crippen molar-refractivity contribution in [3.8, 4) is 0 Å². The molecule has 7 heteroatoms. The normalized spacial score (nSPS) is 11.4. The summed E-state index contributed by atoms with van der Waals surface area (Å²) in [5.74, 6) is 0. The van der Waals surface area contributed by atoms with Crippen LogP contribution in [0.5, 0.6) is 0 Å². The first kappa shape index (κ1) is 15.2. The Morgan fingerprint density at radius 1 is 1.15 bits per heavy atom. The molecule has 1 heterocycles. The van der Waals surface area contributed by atoms with E-state index in [-0.39, 0.29) is 16.7 Å². The molecule has 0 spiro atoms. The highest BCUT2D eigenvalue weighted by Gasteiger charge is 2.28. The molecule has 0 radical (unpaired) electrons. The van der Waals surface area contributed by atoms with Crippen LogP contribution in [0, 0.1) is 0 Å². The topological polar surface area (TPSA) is 24.9 Å². The van der Waals surface area contributed by atoms with E-state index in [9.17, 15) is 13.2 Å². The number of alkyl halides is 3. The third-order valence-electron chi connectivity index (χ3n) is 2.35. The largest absolute Gasteiger partial charge is 0.446 e. The van der Waals surface area contributed by atoms with Crippen LogP contribution in [0.4, 0.5) is 18.9 Å². The minimum atomic E-state index is -4.25. The molecule has 0 unspecified atom stereocenters. The summed E-state index contributed by atoms with van der Waals surface area (Å²) in [6.07, 6.45) is 3.41. The quantitative estimate of drug-likeness (QED) is 0.768. The summed E-state index contributed by atoms with van der Waals surface area (Å²) in [5.41, 5.74) is -2.51. The van der Waals surface area contributed by atoms with Crippen LogP contribution >= 0.6 is 27.7 Å². The summed E-state index contributed by atoms with van der Waals surface area (Å²) in [6.45, 7) is 0.554. The lowest BCUT2D eigenvalue weighted by molar-refractivity contribution is -0.0328. The molecule has 2 aromatic rings. The van der Waals surface area contributed by atoms with Crippen LogP contribution in [-0.4, -0.2) is 10.5 Å². The Kier molecular flexibility index (Phi) is 4.93. The first-order valence-corrected chi connectivity index (χ1v) is 7.22. The Labute approximate surface area is 126 Å². The zero-order valence-corrected chi connectivity index (χ0v) is 12.5. The molecule has 0 amide bonds. The number of thioether (sulfide) groups is 1. The Bertz CT molecular complexity index is 573. The maximum Gasteiger partial charge on any atom is 0.446 e. The van der Waals surface area contributed by atoms with Crippen molar-refractivity contribution >= 4 is 33.4 Å². The van der Waals surface area contributed by atoms with Gasteiger partial charge < -0.3 is 5.32 Å². The van der Waals surface area contributed by atoms with E-state index < -0.39 is 5.51 Å². The monoisotopic (exact) mass is 362 g/mol. The number of nitrogens with one attached hydrogen (secondary N) is 1. The fourth-order valence-corrected chi connectivity index (χ4v) is 2.48. The third kappa shape index (κ3) is 5.05. The Morgan fingerprint density at radius 3 is 2.45 bits per heavy atom. The summed E-state index contributed by atoms with van der Waals surface area (Å²) >= 11 is 3.21. The summed E-state index contributed by atoms with van der Waals surface area (Å²) < 4.78 is 37.4. The number of benzene rings is 1. The van der Waals surface area contributed by atoms with Crippen molar-refractivity contribution in [2.45, 2.75) is 16.9 Å². The molecule has 0 atom stereocenters. The molecule has 2 nitrogen and oxygen atoms in total. The molecule has 1 N–H and O–H groups in total. The lowest BCUT2D eigenvalue weighted by Crippen LogP contribution is -2.01. The molecule has 0 aliphatic carbocycles. The highest BCUT2D eigenvalue weighted by Crippen LogP contribution is 2.37. The Hall–Kier alpha value is -1.21. The number of pyridine rings is 1. The van der Waals surface area contributed by atoms with E-state index in [4.69, 9.17) is 0 Å². The molecular weight excluding hydrogens is 353 g/mol. The molecule has 0 fully saturated rings. The van der Waals surface area contributed by atoms with Crippen LogP contribution in [0.25, 0.3) is 0 Å². The van der Waals surface area contributed by atoms with Crippen LogP contribution < -0.4 is 5.32 Å². The standard InChI is InChI=1S/C13H10BrF3N2S/c14-10-5-9(6-18-8-10)7-19-11-1-3-12(4-2-11)20-13(15,16)17/h1-6,8,19H,7H2. The van der Waals surface area contributed by atoms with Crippen LogP contribution in [0.3, 0.4) is 0 Å². The van der Waals surface area contributed by atoms with Crippen LogP contribution in [0.2, 0.25) is 0 Å². The second kappa shape index (κ2) is 6.49. The van der Waals surface area contributed by atoms with Gasteiger partial charge in [-0.15, -0.1) is 0 Å². The van der Waals surface area contributed by atoms with E-state index in [2.05, 4.69) is 26.2 Å². The zero-order valence-electron chi connectivity index (χ0n) is 10.1. The van der Waals surface area contributed by atoms with Gasteiger partial charge in [0.25, 0.3) is 0 Å². The molecule has 0 saturated heterocycles. The summed E-state index contributed by atoms with van der Waals surface area (Å²) in [4.78, 5) is 4.21. The second-order valence-electron chi connectivity index (χ2n) is 3.94. The van der Waals surface area contributed by atoms with E-state index in [1.165, 1.54) is 12.1 Å². The van der Waals surface area contributed by atoms with E-state index in [0.717, 1.165) is 15.7 Å². The number of hydrogen-bond donors (Lipinski definition) is 1. The van der Waals surface area contributed by atoms with Crippen molar-refractivity contribution in [3.05, 3.63) is 52.8 Å². The summed E-state index contributed by atoms with van der Waals surface area (Å²) in [7, 11) is 0. The van der Waals surface area contributed by atoms with Gasteiger partial charge in [0.05, 0.1) is 0 Å². The lowest BCUT2D eigenvalue weighted by Gasteiger charge is -2.09. The molecule has 1 aromatic carbocycles. The first-order valence-electron chi connectivity index (χ1n) is 5.61. The molecule has 20 heavy (non-hydrogen) atoms. The predicted octanol–water partition coefficient (Wildman–Crippen LogP) is 5.07. The van der Waals surface area contributed by atoms with E-state index in [1.807, 2.05) is 6.07 Å². The minimum absolute atomic E-state index is 0.118. The SMILES string of the molecule is FC(F)(F)Sc1ccc(NCc2cncc(Br)c2)cc1. The van der Waals surface area contributed by atoms with Gasteiger partial charge in [-0.3, -0.25) is 4.98 Å². The minimum Gasteiger partial charge on any atom is -0.381 e. The van der Waals surface area contributed by atoms with Gasteiger partial charge in [-0.05, 0) is 63.6 Å². The first-order chi connectivity index (χ1) is 9.42. The van der Waals surface area contributed by atoms with Crippen LogP contribution in [-0.2, 0) is 6.54 Å². The van der Waals surface area contributed by atoms with Crippen LogP contribution in [0.15, 0.2) is 52.1 Å². The predicted molar refractivity (Wildman–Crippen MR) is 77.6 cm³/mol. The molecule has 0 aliphatic rings. The maximum atomic E-state index is 12.2. The van der Waals surface area contributed by atoms with Gasteiger partial charge in [-0.1, -0.05) is 0 Å². The lowest BCUT2D eigenvalue weighted by atomic mass is 10.2. The van der Waals surface area contributed by atoms with Gasteiger partial charge in [0.1, 0.15) is 0 Å². The molecular formula is C13H10BrF3N2S. The Balaban J connectivity index is 1.94. The molecule has 106 valence electrons. The van der Waals surface area contributed by atoms with Crippen molar-refractivity contribution < 1.29 is 13.2 Å². The maximum absolute atomic E-state index is 12.2. The summed E-state index contributed by atoms with van der Waals surface area (Å²) in [5, 5.41) is 3.13. The Morgan fingerprint density at radius 2 is 1.85 bits per heavy atom. The van der Waals surface area contributed by atoms with Crippen molar-refractivity contribution in [2.24, 2.45) is 0 Å².